The number of rotatable bonds is 11. The molecule has 0 aromatic heterocycles. The van der Waals surface area contributed by atoms with Crippen molar-refractivity contribution in [1.82, 2.24) is 0 Å². The number of carbonyl (C=O) groups is 2. The zero-order valence-corrected chi connectivity index (χ0v) is 37.7. The molecule has 0 spiro atoms. The van der Waals surface area contributed by atoms with Gasteiger partial charge in [0.05, 0.1) is 6.10 Å². The lowest BCUT2D eigenvalue weighted by Gasteiger charge is -2.51. The van der Waals surface area contributed by atoms with Gasteiger partial charge in [-0.3, -0.25) is 4.79 Å². The predicted molar refractivity (Wildman–Crippen MR) is 205 cm³/mol. The molecule has 10 heteroatoms. The molecule has 7 nitrogen and oxygen atoms in total. The van der Waals surface area contributed by atoms with Gasteiger partial charge in [0, 0.05) is 38.6 Å². The lowest BCUT2D eigenvalue weighted by Crippen LogP contribution is -2.52. The third-order valence-electron chi connectivity index (χ3n) is 12.4. The van der Waals surface area contributed by atoms with Gasteiger partial charge in [-0.1, -0.05) is 76.2 Å². The zero-order valence-electron chi connectivity index (χ0n) is 34.7. The van der Waals surface area contributed by atoms with Crippen LogP contribution in [0.3, 0.4) is 0 Å². The third-order valence-corrected chi connectivity index (χ3v) is 25.9. The van der Waals surface area contributed by atoms with Crippen molar-refractivity contribution in [3.8, 4) is 0 Å². The van der Waals surface area contributed by atoms with Crippen LogP contribution in [-0.2, 0) is 32.3 Å². The largest absolute Gasteiger partial charge is 0.456 e. The van der Waals surface area contributed by atoms with Crippen molar-refractivity contribution >= 4 is 36.7 Å². The first kappa shape index (κ1) is 43.1. The van der Waals surface area contributed by atoms with Crippen molar-refractivity contribution in [3.63, 3.8) is 0 Å². The lowest BCUT2D eigenvalue weighted by molar-refractivity contribution is -0.207. The molecule has 2 atom stereocenters. The summed E-state index contributed by atoms with van der Waals surface area (Å²) in [5.41, 5.74) is 0.836. The van der Waals surface area contributed by atoms with Gasteiger partial charge in [-0.15, -0.1) is 0 Å². The first-order valence-corrected chi connectivity index (χ1v) is 26.7. The van der Waals surface area contributed by atoms with E-state index >= 15 is 0 Å². The molecule has 48 heavy (non-hydrogen) atoms. The second kappa shape index (κ2) is 13.8. The Labute approximate surface area is 297 Å². The Balaban J connectivity index is 2.82. The number of ketones is 1. The molecule has 0 saturated heterocycles. The normalized spacial score (nSPS) is 23.0. The van der Waals surface area contributed by atoms with Gasteiger partial charge in [0.1, 0.15) is 11.3 Å². The van der Waals surface area contributed by atoms with Crippen LogP contribution in [0.4, 0.5) is 0 Å². The van der Waals surface area contributed by atoms with Gasteiger partial charge >= 0.3 is 5.97 Å². The van der Waals surface area contributed by atoms with E-state index in [1.165, 1.54) is 0 Å². The maximum absolute atomic E-state index is 14.8. The van der Waals surface area contributed by atoms with Gasteiger partial charge in [0.15, 0.2) is 30.7 Å². The van der Waals surface area contributed by atoms with Crippen molar-refractivity contribution in [1.29, 1.82) is 0 Å². The number of carbonyl (C=O) groups excluding carboxylic acids is 2. The molecule has 0 bridgehead atoms. The van der Waals surface area contributed by atoms with Crippen LogP contribution in [-0.4, -0.2) is 61.8 Å². The SMILES string of the molecule is CC1=C(C(=O)C2=C(C)C(O[Si](C)(C)C(C)(C)C)C[C@@H](C(CO[Si](C)(C)C(C)(C)C)CO[Si](C)(C)C(C)(C)C)C2(C)C)C(=O)OC(C)(C)O1. The van der Waals surface area contributed by atoms with Crippen molar-refractivity contribution < 1.29 is 32.3 Å². The molecular weight excluding hydrogens is 653 g/mol. The summed E-state index contributed by atoms with van der Waals surface area (Å²) in [6.07, 6.45) is 0.449. The number of ether oxygens (including phenoxy) is 2. The molecule has 1 aliphatic heterocycles. The van der Waals surface area contributed by atoms with Crippen molar-refractivity contribution in [2.24, 2.45) is 17.3 Å². The van der Waals surface area contributed by atoms with E-state index in [1.807, 2.05) is 6.92 Å². The Morgan fingerprint density at radius 1 is 0.771 bits per heavy atom. The Kier molecular flexibility index (Phi) is 12.4. The molecule has 278 valence electrons. The fraction of sp³-hybridized carbons (Fsp3) is 0.842. The highest BCUT2D eigenvalue weighted by molar-refractivity contribution is 6.75. The first-order valence-electron chi connectivity index (χ1n) is 17.9. The van der Waals surface area contributed by atoms with E-state index in [-0.39, 0.29) is 44.4 Å². The molecule has 0 aromatic carbocycles. The van der Waals surface area contributed by atoms with Crippen molar-refractivity contribution in [2.75, 3.05) is 13.2 Å². The van der Waals surface area contributed by atoms with E-state index in [0.717, 1.165) is 12.0 Å². The molecule has 0 aromatic rings. The standard InChI is InChI=1S/C38H72O7Si3/c1-25-29(45-48(20,21)36(9,10)11)22-28(37(12,13)31(25)32(39)30-26(2)43-38(14,15)44-33(30)40)27(23-41-46(16,17)34(3,4)5)24-42-47(18,19)35(6,7)8/h27-29H,22-24H2,1-21H3/t28-,29?/m0/s1. The third kappa shape index (κ3) is 9.24. The van der Waals surface area contributed by atoms with Crippen LogP contribution >= 0.6 is 0 Å². The van der Waals surface area contributed by atoms with Crippen LogP contribution in [0, 0.1) is 17.3 Å². The Bertz CT molecular complexity index is 1250. The molecule has 1 unspecified atom stereocenters. The van der Waals surface area contributed by atoms with Crippen molar-refractivity contribution in [3.05, 3.63) is 22.5 Å². The number of allylic oxidation sites excluding steroid dienone is 2. The summed E-state index contributed by atoms with van der Waals surface area (Å²) in [5, 5.41) is 0.0667. The molecule has 0 fully saturated rings. The van der Waals surface area contributed by atoms with Gasteiger partial charge in [-0.05, 0) is 91.6 Å². The second-order valence-corrected chi connectivity index (χ2v) is 34.4. The second-order valence-electron chi connectivity index (χ2n) is 20.0. The van der Waals surface area contributed by atoms with Crippen LogP contribution < -0.4 is 0 Å². The minimum Gasteiger partial charge on any atom is -0.456 e. The number of esters is 1. The molecule has 1 heterocycles. The van der Waals surface area contributed by atoms with Gasteiger partial charge in [-0.25, -0.2) is 4.79 Å². The van der Waals surface area contributed by atoms with E-state index in [4.69, 9.17) is 22.8 Å². The highest BCUT2D eigenvalue weighted by Gasteiger charge is 2.53. The minimum absolute atomic E-state index is 0.00627. The smallest absolute Gasteiger partial charge is 0.348 e. The Morgan fingerprint density at radius 3 is 1.56 bits per heavy atom. The summed E-state index contributed by atoms with van der Waals surface area (Å²) in [6, 6.07) is 0. The average molecular weight is 725 g/mol. The maximum atomic E-state index is 14.8. The molecule has 0 amide bonds. The molecular formula is C38H72O7Si3. The van der Waals surface area contributed by atoms with Crippen molar-refractivity contribution in [2.45, 2.75) is 177 Å². The fourth-order valence-electron chi connectivity index (χ4n) is 6.06. The quantitative estimate of drug-likeness (QED) is 0.119. The monoisotopic (exact) mass is 724 g/mol. The molecule has 0 N–H and O–H groups in total. The van der Waals surface area contributed by atoms with E-state index in [9.17, 15) is 9.59 Å². The van der Waals surface area contributed by atoms with Crippen LogP contribution in [0.5, 0.6) is 0 Å². The summed E-state index contributed by atoms with van der Waals surface area (Å²) in [6.45, 7) is 46.4. The molecule has 2 aliphatic rings. The number of cyclic esters (lactones) is 1. The molecule has 1 aliphatic carbocycles. The highest BCUT2D eigenvalue weighted by atomic mass is 28.4. The summed E-state index contributed by atoms with van der Waals surface area (Å²) >= 11 is 0. The first-order chi connectivity index (χ1) is 21.1. The van der Waals surface area contributed by atoms with Gasteiger partial charge in [0.2, 0.25) is 5.79 Å². The topological polar surface area (TPSA) is 80.3 Å². The summed E-state index contributed by atoms with van der Waals surface area (Å²) in [4.78, 5) is 28.2. The van der Waals surface area contributed by atoms with Crippen LogP contribution in [0.15, 0.2) is 22.5 Å². The van der Waals surface area contributed by atoms with Crippen LogP contribution in [0.2, 0.25) is 54.4 Å². The van der Waals surface area contributed by atoms with Gasteiger partial charge in [0.25, 0.3) is 0 Å². The van der Waals surface area contributed by atoms with E-state index in [2.05, 4.69) is 115 Å². The minimum atomic E-state index is -2.26. The Hall–Kier alpha value is -1.05. The van der Waals surface area contributed by atoms with Gasteiger partial charge in [-0.2, -0.15) is 0 Å². The van der Waals surface area contributed by atoms with Crippen LogP contribution in [0.1, 0.15) is 110 Å². The highest BCUT2D eigenvalue weighted by Crippen LogP contribution is 2.53. The van der Waals surface area contributed by atoms with Crippen LogP contribution in [0.25, 0.3) is 0 Å². The van der Waals surface area contributed by atoms with E-state index in [1.54, 1.807) is 20.8 Å². The lowest BCUT2D eigenvalue weighted by atomic mass is 9.59. The summed E-state index contributed by atoms with van der Waals surface area (Å²) < 4.78 is 32.7. The summed E-state index contributed by atoms with van der Waals surface area (Å²) in [5.74, 6) is -1.86. The maximum Gasteiger partial charge on any atom is 0.348 e. The Morgan fingerprint density at radius 2 is 1.19 bits per heavy atom. The summed E-state index contributed by atoms with van der Waals surface area (Å²) in [7, 11) is -6.49. The average Bonchev–Trinajstić information content (AvgIpc) is 2.82. The zero-order chi connectivity index (χ0) is 37.9. The molecule has 0 radical (unpaired) electrons. The molecule has 0 saturated carbocycles. The van der Waals surface area contributed by atoms with E-state index < -0.39 is 42.1 Å². The fourth-order valence-corrected chi connectivity index (χ4v) is 9.52. The van der Waals surface area contributed by atoms with E-state index in [0.29, 0.717) is 24.5 Å². The predicted octanol–water partition coefficient (Wildman–Crippen LogP) is 10.6. The number of Topliss-reactive ketones (excluding diaryl/α,β-unsaturated/α-hetero) is 1. The number of hydrogen-bond donors (Lipinski definition) is 0. The van der Waals surface area contributed by atoms with Gasteiger partial charge < -0.3 is 22.8 Å². The number of hydrogen-bond acceptors (Lipinski definition) is 7. The molecule has 2 rings (SSSR count).